The van der Waals surface area contributed by atoms with Gasteiger partial charge in [-0.2, -0.15) is 0 Å². The fourth-order valence-electron chi connectivity index (χ4n) is 1.78. The lowest BCUT2D eigenvalue weighted by atomic mass is 10.0. The molecule has 15 heavy (non-hydrogen) atoms. The van der Waals surface area contributed by atoms with Crippen LogP contribution in [0, 0.1) is 0 Å². The molecule has 2 aromatic rings. The van der Waals surface area contributed by atoms with E-state index in [4.69, 9.17) is 5.73 Å². The van der Waals surface area contributed by atoms with Crippen molar-refractivity contribution in [1.82, 2.24) is 15.0 Å². The average Bonchev–Trinajstić information content (AvgIpc) is 2.69. The van der Waals surface area contributed by atoms with E-state index in [-0.39, 0.29) is 0 Å². The Labute approximate surface area is 88.9 Å². The zero-order valence-corrected chi connectivity index (χ0v) is 8.90. The molecule has 0 saturated heterocycles. The van der Waals surface area contributed by atoms with Crippen molar-refractivity contribution < 1.29 is 0 Å². The smallest absolute Gasteiger partial charge is 0.111 e. The lowest BCUT2D eigenvalue weighted by molar-refractivity contribution is 0.596. The molecule has 4 nitrogen and oxygen atoms in total. The molecule has 0 fully saturated rings. The Bertz CT molecular complexity index is 402. The summed E-state index contributed by atoms with van der Waals surface area (Å²) in [5.74, 6) is 1.32. The van der Waals surface area contributed by atoms with Gasteiger partial charge in [-0.15, -0.1) is 0 Å². The summed E-state index contributed by atoms with van der Waals surface area (Å²) in [6.07, 6.45) is 5.75. The van der Waals surface area contributed by atoms with Crippen molar-refractivity contribution in [2.45, 2.75) is 25.7 Å². The van der Waals surface area contributed by atoms with E-state index in [1.807, 2.05) is 6.07 Å². The standard InChI is InChI=1S/C11H16N4/c1-2-3-8(6-12)11-14-9-4-5-13-7-10(9)15-11/h4-5,7-8H,2-3,6,12H2,1H3,(H,14,15). The third kappa shape index (κ3) is 1.99. The molecule has 2 aromatic heterocycles. The molecule has 0 aliphatic heterocycles. The van der Waals surface area contributed by atoms with Gasteiger partial charge in [-0.3, -0.25) is 4.98 Å². The van der Waals surface area contributed by atoms with E-state index in [9.17, 15) is 0 Å². The highest BCUT2D eigenvalue weighted by atomic mass is 14.9. The van der Waals surface area contributed by atoms with Crippen LogP contribution in [-0.4, -0.2) is 21.5 Å². The van der Waals surface area contributed by atoms with Crippen LogP contribution in [0.4, 0.5) is 0 Å². The number of aromatic nitrogens is 3. The molecule has 4 heteroatoms. The Morgan fingerprint density at radius 1 is 1.53 bits per heavy atom. The second kappa shape index (κ2) is 4.40. The predicted octanol–water partition coefficient (Wildman–Crippen LogP) is 1.80. The average molecular weight is 204 g/mol. The van der Waals surface area contributed by atoms with Crippen molar-refractivity contribution in [2.24, 2.45) is 5.73 Å². The molecule has 0 aromatic carbocycles. The first-order valence-corrected chi connectivity index (χ1v) is 5.34. The Hall–Kier alpha value is -1.42. The Balaban J connectivity index is 2.34. The molecule has 0 radical (unpaired) electrons. The van der Waals surface area contributed by atoms with Gasteiger partial charge in [0.05, 0.1) is 17.2 Å². The van der Waals surface area contributed by atoms with Gasteiger partial charge in [0, 0.05) is 18.7 Å². The first-order chi connectivity index (χ1) is 7.35. The molecule has 0 spiro atoms. The summed E-state index contributed by atoms with van der Waals surface area (Å²) in [5, 5.41) is 0. The summed E-state index contributed by atoms with van der Waals surface area (Å²) >= 11 is 0. The highest BCUT2D eigenvalue weighted by Gasteiger charge is 2.12. The van der Waals surface area contributed by atoms with Crippen LogP contribution in [0.2, 0.25) is 0 Å². The van der Waals surface area contributed by atoms with Crippen molar-refractivity contribution in [2.75, 3.05) is 6.54 Å². The molecule has 0 aliphatic rings. The maximum atomic E-state index is 5.74. The van der Waals surface area contributed by atoms with Crippen LogP contribution in [0.25, 0.3) is 11.0 Å². The SMILES string of the molecule is CCCC(CN)c1nc2ccncc2[nH]1. The maximum Gasteiger partial charge on any atom is 0.111 e. The minimum Gasteiger partial charge on any atom is -0.340 e. The summed E-state index contributed by atoms with van der Waals surface area (Å²) in [5.41, 5.74) is 7.69. The number of nitrogens with one attached hydrogen (secondary N) is 1. The van der Waals surface area contributed by atoms with Gasteiger partial charge in [0.15, 0.2) is 0 Å². The van der Waals surface area contributed by atoms with E-state index < -0.39 is 0 Å². The minimum absolute atomic E-state index is 0.336. The highest BCUT2D eigenvalue weighted by molar-refractivity contribution is 5.73. The topological polar surface area (TPSA) is 67.6 Å². The number of nitrogens with zero attached hydrogens (tertiary/aromatic N) is 2. The molecule has 0 saturated carbocycles. The van der Waals surface area contributed by atoms with Crippen molar-refractivity contribution in [3.05, 3.63) is 24.3 Å². The molecule has 2 rings (SSSR count). The number of rotatable bonds is 4. The summed E-state index contributed by atoms with van der Waals surface area (Å²) in [6, 6.07) is 1.91. The number of hydrogen-bond donors (Lipinski definition) is 2. The van der Waals surface area contributed by atoms with Gasteiger partial charge in [-0.1, -0.05) is 13.3 Å². The third-order valence-corrected chi connectivity index (χ3v) is 2.61. The van der Waals surface area contributed by atoms with Crippen molar-refractivity contribution in [1.29, 1.82) is 0 Å². The van der Waals surface area contributed by atoms with E-state index in [0.29, 0.717) is 12.5 Å². The van der Waals surface area contributed by atoms with Gasteiger partial charge in [0.1, 0.15) is 5.82 Å². The van der Waals surface area contributed by atoms with E-state index in [1.54, 1.807) is 12.4 Å². The van der Waals surface area contributed by atoms with Gasteiger partial charge >= 0.3 is 0 Å². The van der Waals surface area contributed by atoms with E-state index in [0.717, 1.165) is 29.7 Å². The molecule has 0 bridgehead atoms. The zero-order valence-electron chi connectivity index (χ0n) is 8.90. The molecule has 0 amide bonds. The van der Waals surface area contributed by atoms with E-state index >= 15 is 0 Å². The molecule has 1 atom stereocenters. The van der Waals surface area contributed by atoms with E-state index in [2.05, 4.69) is 21.9 Å². The lowest BCUT2D eigenvalue weighted by Crippen LogP contribution is -2.13. The number of nitrogens with two attached hydrogens (primary N) is 1. The zero-order chi connectivity index (χ0) is 10.7. The highest BCUT2D eigenvalue weighted by Crippen LogP contribution is 2.19. The van der Waals surface area contributed by atoms with Crippen LogP contribution in [-0.2, 0) is 0 Å². The number of fused-ring (bicyclic) bond motifs is 1. The Kier molecular flexibility index (Phi) is 2.97. The molecular formula is C11H16N4. The number of imidazole rings is 1. The number of aromatic amines is 1. The minimum atomic E-state index is 0.336. The molecule has 1 unspecified atom stereocenters. The van der Waals surface area contributed by atoms with Crippen molar-refractivity contribution >= 4 is 11.0 Å². The van der Waals surface area contributed by atoms with Crippen LogP contribution in [0.3, 0.4) is 0 Å². The van der Waals surface area contributed by atoms with Crippen LogP contribution in [0.15, 0.2) is 18.5 Å². The Morgan fingerprint density at radius 2 is 2.40 bits per heavy atom. The predicted molar refractivity (Wildman–Crippen MR) is 60.6 cm³/mol. The summed E-state index contributed by atoms with van der Waals surface area (Å²) < 4.78 is 0. The summed E-state index contributed by atoms with van der Waals surface area (Å²) in [4.78, 5) is 11.9. The van der Waals surface area contributed by atoms with Crippen LogP contribution in [0.5, 0.6) is 0 Å². The fraction of sp³-hybridized carbons (Fsp3) is 0.455. The number of pyridine rings is 1. The van der Waals surface area contributed by atoms with E-state index in [1.165, 1.54) is 0 Å². The lowest BCUT2D eigenvalue weighted by Gasteiger charge is -2.09. The normalized spacial score (nSPS) is 13.2. The first-order valence-electron chi connectivity index (χ1n) is 5.34. The number of H-pyrrole nitrogens is 1. The molecule has 3 N–H and O–H groups in total. The van der Waals surface area contributed by atoms with Gasteiger partial charge in [-0.05, 0) is 12.5 Å². The van der Waals surface area contributed by atoms with Gasteiger partial charge in [0.2, 0.25) is 0 Å². The largest absolute Gasteiger partial charge is 0.340 e. The number of hydrogen-bond acceptors (Lipinski definition) is 3. The fourth-order valence-corrected chi connectivity index (χ4v) is 1.78. The maximum absolute atomic E-state index is 5.74. The molecule has 0 aliphatic carbocycles. The molecule has 80 valence electrons. The van der Waals surface area contributed by atoms with Crippen LogP contribution < -0.4 is 5.73 Å². The third-order valence-electron chi connectivity index (χ3n) is 2.61. The second-order valence-electron chi connectivity index (χ2n) is 3.74. The first kappa shape index (κ1) is 10.1. The second-order valence-corrected chi connectivity index (χ2v) is 3.74. The van der Waals surface area contributed by atoms with Crippen molar-refractivity contribution in [3.8, 4) is 0 Å². The molecular weight excluding hydrogens is 188 g/mol. The van der Waals surface area contributed by atoms with Crippen molar-refractivity contribution in [3.63, 3.8) is 0 Å². The van der Waals surface area contributed by atoms with Gasteiger partial charge < -0.3 is 10.7 Å². The van der Waals surface area contributed by atoms with Gasteiger partial charge in [0.25, 0.3) is 0 Å². The monoisotopic (exact) mass is 204 g/mol. The van der Waals surface area contributed by atoms with Crippen LogP contribution in [0.1, 0.15) is 31.5 Å². The Morgan fingerprint density at radius 3 is 3.07 bits per heavy atom. The molecule has 2 heterocycles. The quantitative estimate of drug-likeness (QED) is 0.798. The summed E-state index contributed by atoms with van der Waals surface area (Å²) in [7, 11) is 0. The van der Waals surface area contributed by atoms with Gasteiger partial charge in [-0.25, -0.2) is 4.98 Å². The summed E-state index contributed by atoms with van der Waals surface area (Å²) in [6.45, 7) is 2.80. The van der Waals surface area contributed by atoms with Crippen LogP contribution >= 0.6 is 0 Å².